The lowest BCUT2D eigenvalue weighted by Gasteiger charge is -2.18. The Morgan fingerprint density at radius 1 is 0.846 bits per heavy atom. The Kier molecular flexibility index (Phi) is 4.78. The third-order valence-corrected chi connectivity index (χ3v) is 4.99. The molecule has 3 nitrogen and oxygen atoms in total. The summed E-state index contributed by atoms with van der Waals surface area (Å²) in [6.07, 6.45) is 1.96. The molecule has 0 N–H and O–H groups in total. The van der Waals surface area contributed by atoms with Gasteiger partial charge >= 0.3 is 0 Å². The predicted octanol–water partition coefficient (Wildman–Crippen LogP) is 3.31. The molecule has 0 saturated carbocycles. The molecule has 0 spiro atoms. The molecule has 0 fully saturated rings. The van der Waals surface area contributed by atoms with E-state index >= 15 is 0 Å². The Morgan fingerprint density at radius 3 is 2.04 bits per heavy atom. The summed E-state index contributed by atoms with van der Waals surface area (Å²) in [5.74, 6) is 0.356. The van der Waals surface area contributed by atoms with Gasteiger partial charge in [0, 0.05) is 23.1 Å². The van der Waals surface area contributed by atoms with Crippen LogP contribution in [0.2, 0.25) is 0 Å². The van der Waals surface area contributed by atoms with Gasteiger partial charge in [-0.25, -0.2) is 4.99 Å². The summed E-state index contributed by atoms with van der Waals surface area (Å²) in [4.78, 5) is 10.5. The van der Waals surface area contributed by atoms with Gasteiger partial charge in [-0.15, -0.1) is 0 Å². The van der Waals surface area contributed by atoms with E-state index < -0.39 is 0 Å². The van der Waals surface area contributed by atoms with Crippen LogP contribution in [0.15, 0.2) is 89.9 Å². The minimum Gasteiger partial charge on any atom is -0.277 e. The normalized spacial score (nSPS) is 15.6. The first-order valence-corrected chi connectivity index (χ1v) is 9.10. The van der Waals surface area contributed by atoms with Crippen molar-refractivity contribution in [2.75, 3.05) is 7.11 Å². The summed E-state index contributed by atoms with van der Waals surface area (Å²) in [6.45, 7) is 0. The van der Waals surface area contributed by atoms with Gasteiger partial charge in [0.25, 0.3) is 11.5 Å². The van der Waals surface area contributed by atoms with Gasteiger partial charge in [-0.05, 0) is 23.6 Å². The van der Waals surface area contributed by atoms with E-state index in [4.69, 9.17) is 9.83 Å². The molecule has 4 rings (SSSR count). The van der Waals surface area contributed by atoms with Crippen LogP contribution >= 0.6 is 0 Å². The number of benzene rings is 3. The highest BCUT2D eigenvalue weighted by atomic mass is 16.7. The second kappa shape index (κ2) is 7.52. The second-order valence-corrected chi connectivity index (χ2v) is 6.56. The zero-order chi connectivity index (χ0) is 17.8. The molecule has 0 bridgehead atoms. The van der Waals surface area contributed by atoms with Gasteiger partial charge < -0.3 is 0 Å². The molecule has 0 amide bonds. The Hall–Kier alpha value is -2.94. The molecular formula is C23H23N2O+. The highest BCUT2D eigenvalue weighted by Gasteiger charge is 2.29. The molecule has 0 radical (unpaired) electrons. The predicted molar refractivity (Wildman–Crippen MR) is 103 cm³/mol. The summed E-state index contributed by atoms with van der Waals surface area (Å²) >= 11 is 0. The summed E-state index contributed by atoms with van der Waals surface area (Å²) in [7, 11) is 1.72. The van der Waals surface area contributed by atoms with Crippen molar-refractivity contribution in [2.24, 2.45) is 4.99 Å². The van der Waals surface area contributed by atoms with Crippen LogP contribution < -0.4 is 15.5 Å². The molecule has 1 heterocycles. The largest absolute Gasteiger partial charge is 0.295 e. The van der Waals surface area contributed by atoms with Crippen LogP contribution in [0.5, 0.6) is 0 Å². The maximum Gasteiger partial charge on any atom is 0.295 e. The Labute approximate surface area is 153 Å². The number of hydrogen-bond acceptors (Lipinski definition) is 2. The zero-order valence-corrected chi connectivity index (χ0v) is 15.0. The van der Waals surface area contributed by atoms with E-state index in [1.165, 1.54) is 11.1 Å². The monoisotopic (exact) mass is 343 g/mol. The zero-order valence-electron chi connectivity index (χ0n) is 15.0. The smallest absolute Gasteiger partial charge is 0.277 e. The van der Waals surface area contributed by atoms with Crippen molar-refractivity contribution < 1.29 is 4.84 Å². The molecule has 130 valence electrons. The lowest BCUT2D eigenvalue weighted by Crippen LogP contribution is -2.36. The average Bonchev–Trinajstić information content (AvgIpc) is 3.07. The SMILES string of the molecule is CO[N+]1=c2ccccc2=NC1CCC(c1ccccc1)c1ccccc1. The van der Waals surface area contributed by atoms with Crippen LogP contribution in [0.1, 0.15) is 29.9 Å². The highest BCUT2D eigenvalue weighted by Crippen LogP contribution is 2.30. The van der Waals surface area contributed by atoms with Crippen LogP contribution in [0.3, 0.4) is 0 Å². The van der Waals surface area contributed by atoms with Crippen molar-refractivity contribution >= 4 is 0 Å². The molecular weight excluding hydrogens is 320 g/mol. The van der Waals surface area contributed by atoms with Gasteiger partial charge in [0.2, 0.25) is 0 Å². The number of hydroxylamine groups is 1. The topological polar surface area (TPSA) is 24.6 Å². The number of para-hydroxylation sites is 2. The van der Waals surface area contributed by atoms with E-state index in [-0.39, 0.29) is 6.17 Å². The van der Waals surface area contributed by atoms with Crippen molar-refractivity contribution in [2.45, 2.75) is 24.9 Å². The average molecular weight is 343 g/mol. The summed E-state index contributed by atoms with van der Waals surface area (Å²) in [6, 6.07) is 29.6. The third-order valence-electron chi connectivity index (χ3n) is 4.99. The Morgan fingerprint density at radius 2 is 1.42 bits per heavy atom. The minimum absolute atomic E-state index is 0.0207. The van der Waals surface area contributed by atoms with Crippen LogP contribution in [0.25, 0.3) is 0 Å². The molecule has 0 aromatic heterocycles. The summed E-state index contributed by atoms with van der Waals surface area (Å²) in [5.41, 5.74) is 2.69. The third kappa shape index (κ3) is 3.25. The molecule has 3 aromatic carbocycles. The first-order chi connectivity index (χ1) is 12.9. The van der Waals surface area contributed by atoms with Crippen LogP contribution in [0.4, 0.5) is 0 Å². The Balaban J connectivity index is 1.61. The number of fused-ring (bicyclic) bond motifs is 1. The minimum atomic E-state index is 0.0207. The van der Waals surface area contributed by atoms with E-state index in [0.29, 0.717) is 5.92 Å². The van der Waals surface area contributed by atoms with Crippen molar-refractivity contribution in [1.82, 2.24) is 4.74 Å². The van der Waals surface area contributed by atoms with Gasteiger partial charge in [0.05, 0.1) is 0 Å². The van der Waals surface area contributed by atoms with E-state index in [2.05, 4.69) is 66.7 Å². The van der Waals surface area contributed by atoms with Crippen molar-refractivity contribution in [1.29, 1.82) is 0 Å². The fraction of sp³-hybridized carbons (Fsp3) is 0.217. The van der Waals surface area contributed by atoms with Gasteiger partial charge in [-0.2, -0.15) is 0 Å². The molecule has 1 aliphatic rings. The molecule has 26 heavy (non-hydrogen) atoms. The molecule has 1 aliphatic heterocycles. The van der Waals surface area contributed by atoms with Crippen molar-refractivity contribution in [3.05, 3.63) is 107 Å². The molecule has 1 atom stereocenters. The maximum atomic E-state index is 5.63. The number of nitrogens with zero attached hydrogens (tertiary/aromatic N) is 2. The van der Waals surface area contributed by atoms with Crippen molar-refractivity contribution in [3.63, 3.8) is 0 Å². The van der Waals surface area contributed by atoms with Crippen LogP contribution in [-0.4, -0.2) is 13.3 Å². The maximum absolute atomic E-state index is 5.63. The number of rotatable bonds is 6. The fourth-order valence-corrected chi connectivity index (χ4v) is 3.75. The molecule has 1 unspecified atom stereocenters. The molecule has 3 aromatic rings. The first kappa shape index (κ1) is 16.5. The molecule has 0 saturated heterocycles. The molecule has 3 heteroatoms. The molecule has 0 aliphatic carbocycles. The first-order valence-electron chi connectivity index (χ1n) is 9.10. The van der Waals surface area contributed by atoms with Crippen LogP contribution in [0, 0.1) is 0 Å². The lowest BCUT2D eigenvalue weighted by atomic mass is 9.87. The lowest BCUT2D eigenvalue weighted by molar-refractivity contribution is 0.00803. The van der Waals surface area contributed by atoms with E-state index in [9.17, 15) is 0 Å². The number of hydrogen-bond donors (Lipinski definition) is 0. The highest BCUT2D eigenvalue weighted by molar-refractivity contribution is 5.32. The van der Waals surface area contributed by atoms with Gasteiger partial charge in [0.1, 0.15) is 12.5 Å². The van der Waals surface area contributed by atoms with Gasteiger partial charge in [-0.3, -0.25) is 4.84 Å². The van der Waals surface area contributed by atoms with Crippen LogP contribution in [-0.2, 0) is 4.84 Å². The van der Waals surface area contributed by atoms with E-state index in [0.717, 1.165) is 23.6 Å². The van der Waals surface area contributed by atoms with Gasteiger partial charge in [0.15, 0.2) is 0 Å². The standard InChI is InChI=1S/C23H23N2O/c1-26-25-22-15-9-8-14-21(22)24-23(25)17-16-20(18-10-4-2-5-11-18)19-12-6-3-7-13-19/h2-15,20,23H,16-17H2,1H3/q+1. The summed E-state index contributed by atoms with van der Waals surface area (Å²) < 4.78 is 1.93. The summed E-state index contributed by atoms with van der Waals surface area (Å²) in [5, 5.41) is 2.06. The quantitative estimate of drug-likeness (QED) is 0.630. The fourth-order valence-electron chi connectivity index (χ4n) is 3.75. The second-order valence-electron chi connectivity index (χ2n) is 6.56. The van der Waals surface area contributed by atoms with E-state index in [1.807, 2.05) is 22.9 Å². The Bertz CT molecular complexity index is 944. The van der Waals surface area contributed by atoms with E-state index in [1.54, 1.807) is 7.11 Å². The van der Waals surface area contributed by atoms with Gasteiger partial charge in [-0.1, -0.05) is 72.8 Å². The van der Waals surface area contributed by atoms with Crippen molar-refractivity contribution in [3.8, 4) is 0 Å².